The summed E-state index contributed by atoms with van der Waals surface area (Å²) >= 11 is 4.63. The van der Waals surface area contributed by atoms with Gasteiger partial charge in [0.1, 0.15) is 0 Å². The third-order valence-electron chi connectivity index (χ3n) is 1.96. The van der Waals surface area contributed by atoms with Crippen LogP contribution >= 0.6 is 12.6 Å². The Balaban J connectivity index is 4.42. The molecule has 0 aromatic carbocycles. The van der Waals surface area contributed by atoms with Gasteiger partial charge in [0, 0.05) is 0 Å². The summed E-state index contributed by atoms with van der Waals surface area (Å²) in [7, 11) is 1.32. The molecule has 6 heteroatoms. The number of carbonyl (C=O) groups is 2. The molecule has 0 aromatic heterocycles. The molecule has 1 unspecified atom stereocenters. The third-order valence-corrected chi connectivity index (χ3v) is 3.51. The molecule has 0 spiro atoms. The van der Waals surface area contributed by atoms with Gasteiger partial charge in [0.15, 0.2) is 0 Å². The Morgan fingerprint density at radius 2 is 2.06 bits per heavy atom. The summed E-state index contributed by atoms with van der Waals surface area (Å²) in [5.41, 5.74) is 0. The molecule has 0 bridgehead atoms. The molecule has 0 radical (unpaired) electrons. The Labute approximate surface area is 108 Å². The number of methoxy groups -OCH3 is 1. The van der Waals surface area contributed by atoms with Crippen LogP contribution in [0.2, 0.25) is 11.1 Å². The van der Waals surface area contributed by atoms with Crippen molar-refractivity contribution in [3.8, 4) is 0 Å². The Bertz CT molecular complexity index is 253. The van der Waals surface area contributed by atoms with E-state index in [-0.39, 0.29) is 5.91 Å². The molecule has 1 N–H and O–H groups in total. The van der Waals surface area contributed by atoms with Crippen molar-refractivity contribution < 1.29 is 14.3 Å². The van der Waals surface area contributed by atoms with Gasteiger partial charge in [-0.25, -0.2) is 0 Å². The molecule has 1 amide bonds. The fourth-order valence-corrected chi connectivity index (χ4v) is 2.02. The van der Waals surface area contributed by atoms with E-state index in [0.717, 1.165) is 5.32 Å². The predicted molar refractivity (Wildman–Crippen MR) is 68.1 cm³/mol. The summed E-state index contributed by atoms with van der Waals surface area (Å²) in [6.07, 6.45) is 0.624. The zero-order chi connectivity index (χ0) is 12.8. The van der Waals surface area contributed by atoms with Gasteiger partial charge in [0.25, 0.3) is 0 Å². The van der Waals surface area contributed by atoms with Crippen molar-refractivity contribution in [2.75, 3.05) is 7.11 Å². The van der Waals surface area contributed by atoms with Crippen molar-refractivity contribution in [2.45, 2.75) is 42.2 Å². The maximum absolute atomic E-state index is 11.7. The second kappa shape index (κ2) is 7.20. The van der Waals surface area contributed by atoms with Crippen molar-refractivity contribution in [3.63, 3.8) is 0 Å². The summed E-state index contributed by atoms with van der Waals surface area (Å²) in [6.45, 7) is 3.37. The summed E-state index contributed by atoms with van der Waals surface area (Å²) in [5, 5.41) is 3.59. The van der Waals surface area contributed by atoms with Crippen LogP contribution in [0.1, 0.15) is 20.3 Å². The zero-order valence-electron chi connectivity index (χ0n) is 10.1. The van der Waals surface area contributed by atoms with E-state index in [2.05, 4.69) is 28.5 Å². The van der Waals surface area contributed by atoms with Gasteiger partial charge in [-0.3, -0.25) is 0 Å². The van der Waals surface area contributed by atoms with Crippen LogP contribution in [0.4, 0.5) is 0 Å². The van der Waals surface area contributed by atoms with E-state index in [1.807, 2.05) is 0 Å². The molecule has 0 aromatic rings. The van der Waals surface area contributed by atoms with Gasteiger partial charge in [-0.15, -0.1) is 0 Å². The molecule has 0 saturated heterocycles. The first-order chi connectivity index (χ1) is 7.32. The average Bonchev–Trinajstić information content (AvgIpc) is 2.21. The van der Waals surface area contributed by atoms with E-state index in [1.54, 1.807) is 13.8 Å². The van der Waals surface area contributed by atoms with E-state index in [1.165, 1.54) is 7.11 Å². The number of rotatable bonds is 6. The standard InChI is InChI=1S/C10H19NO3SSe/c1-10(2,15)9(13)11-7(5-6-16-4)8(12)14-3/h7,15H,5-6H2,1-4H3,(H,11,13). The third kappa shape index (κ3) is 5.77. The number of amides is 1. The molecule has 16 heavy (non-hydrogen) atoms. The van der Waals surface area contributed by atoms with Crippen LogP contribution in [0.5, 0.6) is 0 Å². The Kier molecular flexibility index (Phi) is 7.11. The van der Waals surface area contributed by atoms with Gasteiger partial charge >= 0.3 is 108 Å². The molecule has 0 heterocycles. The van der Waals surface area contributed by atoms with Gasteiger partial charge in [0.05, 0.1) is 0 Å². The average molecular weight is 312 g/mol. The van der Waals surface area contributed by atoms with E-state index in [0.29, 0.717) is 21.4 Å². The van der Waals surface area contributed by atoms with Crippen molar-refractivity contribution in [1.82, 2.24) is 5.32 Å². The van der Waals surface area contributed by atoms with Crippen molar-refractivity contribution in [2.24, 2.45) is 0 Å². The Morgan fingerprint density at radius 3 is 2.44 bits per heavy atom. The molecule has 94 valence electrons. The van der Waals surface area contributed by atoms with Gasteiger partial charge in [-0.1, -0.05) is 0 Å². The summed E-state index contributed by atoms with van der Waals surface area (Å²) in [4.78, 5) is 23.1. The van der Waals surface area contributed by atoms with Gasteiger partial charge in [0.2, 0.25) is 0 Å². The second-order valence-corrected chi connectivity index (χ2v) is 7.08. The predicted octanol–water partition coefficient (Wildman–Crippen LogP) is 0.913. The molecule has 0 aliphatic heterocycles. The summed E-state index contributed by atoms with van der Waals surface area (Å²) in [6, 6.07) is -0.550. The van der Waals surface area contributed by atoms with Gasteiger partial charge in [-0.2, -0.15) is 0 Å². The summed E-state index contributed by atoms with van der Waals surface area (Å²) < 4.78 is 3.86. The number of hydrogen-bond acceptors (Lipinski definition) is 4. The molecule has 4 nitrogen and oxygen atoms in total. The SMILES string of the molecule is COC(=O)C(CC[Se]C)NC(=O)C(C)(C)S. The van der Waals surface area contributed by atoms with E-state index < -0.39 is 16.8 Å². The minimum atomic E-state index is -0.788. The van der Waals surface area contributed by atoms with E-state index in [9.17, 15) is 9.59 Å². The number of thiol groups is 1. The van der Waals surface area contributed by atoms with Gasteiger partial charge < -0.3 is 0 Å². The molecule has 0 aliphatic carbocycles. The molecule has 0 aliphatic rings. The van der Waals surface area contributed by atoms with Crippen LogP contribution in [0.25, 0.3) is 0 Å². The maximum atomic E-state index is 11.7. The van der Waals surface area contributed by atoms with Crippen LogP contribution in [-0.2, 0) is 14.3 Å². The van der Waals surface area contributed by atoms with Crippen molar-refractivity contribution >= 4 is 39.5 Å². The molecular formula is C10H19NO3SSe. The van der Waals surface area contributed by atoms with Crippen LogP contribution < -0.4 is 5.32 Å². The first kappa shape index (κ1) is 15.8. The first-order valence-electron chi connectivity index (χ1n) is 4.93. The van der Waals surface area contributed by atoms with Crippen LogP contribution in [-0.4, -0.2) is 44.7 Å². The normalized spacial score (nSPS) is 13.1. The summed E-state index contributed by atoms with van der Waals surface area (Å²) in [5.74, 6) is 1.44. The topological polar surface area (TPSA) is 55.4 Å². The number of esters is 1. The molecule has 0 rings (SSSR count). The van der Waals surface area contributed by atoms with Crippen LogP contribution in [0.15, 0.2) is 0 Å². The fraction of sp³-hybridized carbons (Fsp3) is 0.800. The van der Waals surface area contributed by atoms with E-state index >= 15 is 0 Å². The number of hydrogen-bond donors (Lipinski definition) is 2. The quantitative estimate of drug-likeness (QED) is 0.435. The minimum absolute atomic E-state index is 0.255. The van der Waals surface area contributed by atoms with Crippen LogP contribution in [0.3, 0.4) is 0 Å². The molecule has 0 fully saturated rings. The monoisotopic (exact) mass is 313 g/mol. The van der Waals surface area contributed by atoms with Gasteiger partial charge in [-0.05, 0) is 0 Å². The van der Waals surface area contributed by atoms with E-state index in [4.69, 9.17) is 0 Å². The fourth-order valence-electron chi connectivity index (χ4n) is 0.962. The Morgan fingerprint density at radius 1 is 1.50 bits per heavy atom. The molecule has 1 atom stereocenters. The molecule has 0 saturated carbocycles. The number of ether oxygens (including phenoxy) is 1. The van der Waals surface area contributed by atoms with Crippen molar-refractivity contribution in [1.29, 1.82) is 0 Å². The Hall–Kier alpha value is -0.191. The number of nitrogens with one attached hydrogen (secondary N) is 1. The van der Waals surface area contributed by atoms with Crippen LogP contribution in [0, 0.1) is 0 Å². The zero-order valence-corrected chi connectivity index (χ0v) is 12.7. The second-order valence-electron chi connectivity index (χ2n) is 3.89. The number of carbonyl (C=O) groups excluding carboxylic acids is 2. The first-order valence-corrected chi connectivity index (χ1v) is 8.30. The molecular weight excluding hydrogens is 293 g/mol. The van der Waals surface area contributed by atoms with Crippen molar-refractivity contribution in [3.05, 3.63) is 0 Å².